The van der Waals surface area contributed by atoms with E-state index in [4.69, 9.17) is 4.74 Å². The smallest absolute Gasteiger partial charge is 0.204 e. The van der Waals surface area contributed by atoms with Crippen LogP contribution in [0.3, 0.4) is 0 Å². The molecule has 0 spiro atoms. The van der Waals surface area contributed by atoms with E-state index in [2.05, 4.69) is 26.9 Å². The van der Waals surface area contributed by atoms with Crippen molar-refractivity contribution in [3.8, 4) is 5.75 Å². The summed E-state index contributed by atoms with van der Waals surface area (Å²) < 4.78 is 5.40. The molecule has 0 bridgehead atoms. The van der Waals surface area contributed by atoms with E-state index < -0.39 is 0 Å². The molecule has 0 radical (unpaired) electrons. The summed E-state index contributed by atoms with van der Waals surface area (Å²) in [4.78, 5) is 8.46. The van der Waals surface area contributed by atoms with E-state index >= 15 is 0 Å². The molecule has 0 atom stereocenters. The van der Waals surface area contributed by atoms with Crippen molar-refractivity contribution in [2.45, 2.75) is 37.0 Å². The Morgan fingerprint density at radius 3 is 2.47 bits per heavy atom. The number of thioether (sulfide) groups is 1. The first-order chi connectivity index (χ1) is 9.28. The maximum absolute atomic E-state index is 5.40. The topological polar surface area (TPSA) is 59.1 Å². The van der Waals surface area contributed by atoms with Gasteiger partial charge in [-0.15, -0.1) is 0 Å². The van der Waals surface area contributed by atoms with Gasteiger partial charge in [-0.25, -0.2) is 9.97 Å². The van der Waals surface area contributed by atoms with Crippen LogP contribution < -0.4 is 15.4 Å². The van der Waals surface area contributed by atoms with Crippen molar-refractivity contribution in [1.29, 1.82) is 0 Å². The standard InChI is InChI=1S/C13H22N4OS/c1-14-12-11(18-2)13(16-8-15-12)17-9-4-6-10(19-3)7-5-9/h8-10H,4-7H2,1-3H3,(H2,14,15,16,17). The number of anilines is 2. The lowest BCUT2D eigenvalue weighted by atomic mass is 9.95. The number of aromatic nitrogens is 2. The fraction of sp³-hybridized carbons (Fsp3) is 0.692. The van der Waals surface area contributed by atoms with Crippen LogP contribution in [-0.4, -0.2) is 41.7 Å². The molecule has 1 saturated carbocycles. The molecule has 6 heteroatoms. The van der Waals surface area contributed by atoms with Gasteiger partial charge in [0.2, 0.25) is 5.75 Å². The lowest BCUT2D eigenvalue weighted by molar-refractivity contribution is 0.411. The molecule has 1 aliphatic carbocycles. The Bertz CT molecular complexity index is 408. The highest BCUT2D eigenvalue weighted by Crippen LogP contribution is 2.32. The second-order valence-corrected chi connectivity index (χ2v) is 5.85. The van der Waals surface area contributed by atoms with Crippen LogP contribution in [-0.2, 0) is 0 Å². The lowest BCUT2D eigenvalue weighted by Gasteiger charge is -2.28. The van der Waals surface area contributed by atoms with Gasteiger partial charge in [-0.05, 0) is 31.9 Å². The number of hydrogen-bond donors (Lipinski definition) is 2. The molecule has 0 aromatic carbocycles. The van der Waals surface area contributed by atoms with Crippen LogP contribution in [0.15, 0.2) is 6.33 Å². The summed E-state index contributed by atoms with van der Waals surface area (Å²) in [5, 5.41) is 7.33. The second kappa shape index (κ2) is 6.84. The summed E-state index contributed by atoms with van der Waals surface area (Å²) in [6.07, 6.45) is 8.67. The van der Waals surface area contributed by atoms with E-state index in [0.29, 0.717) is 11.8 Å². The van der Waals surface area contributed by atoms with Crippen LogP contribution in [0.1, 0.15) is 25.7 Å². The van der Waals surface area contributed by atoms with Crippen LogP contribution in [0, 0.1) is 0 Å². The van der Waals surface area contributed by atoms with Gasteiger partial charge in [0.05, 0.1) is 7.11 Å². The Kier molecular flexibility index (Phi) is 5.13. The Morgan fingerprint density at radius 2 is 1.89 bits per heavy atom. The molecular formula is C13H22N4OS. The molecule has 2 N–H and O–H groups in total. The molecule has 1 aliphatic rings. The SMILES string of the molecule is CNc1ncnc(NC2CCC(SC)CC2)c1OC. The van der Waals surface area contributed by atoms with Crippen molar-refractivity contribution in [1.82, 2.24) is 9.97 Å². The predicted octanol–water partition coefficient (Wildman–Crippen LogP) is 2.61. The molecular weight excluding hydrogens is 260 g/mol. The number of ether oxygens (including phenoxy) is 1. The maximum Gasteiger partial charge on any atom is 0.204 e. The van der Waals surface area contributed by atoms with Gasteiger partial charge in [0, 0.05) is 18.3 Å². The van der Waals surface area contributed by atoms with E-state index in [1.54, 1.807) is 13.4 Å². The van der Waals surface area contributed by atoms with Crippen molar-refractivity contribution in [3.63, 3.8) is 0 Å². The average molecular weight is 282 g/mol. The number of rotatable bonds is 5. The highest BCUT2D eigenvalue weighted by molar-refractivity contribution is 7.99. The summed E-state index contributed by atoms with van der Waals surface area (Å²) in [7, 11) is 3.48. The Hall–Kier alpha value is -1.17. The van der Waals surface area contributed by atoms with Crippen LogP contribution in [0.25, 0.3) is 0 Å². The number of nitrogens with one attached hydrogen (secondary N) is 2. The van der Waals surface area contributed by atoms with Crippen molar-refractivity contribution in [3.05, 3.63) is 6.33 Å². The van der Waals surface area contributed by atoms with Crippen LogP contribution in [0.2, 0.25) is 0 Å². The Balaban J connectivity index is 2.03. The molecule has 2 rings (SSSR count). The molecule has 5 nitrogen and oxygen atoms in total. The quantitative estimate of drug-likeness (QED) is 0.866. The van der Waals surface area contributed by atoms with Gasteiger partial charge in [-0.2, -0.15) is 11.8 Å². The largest absolute Gasteiger partial charge is 0.490 e. The minimum atomic E-state index is 0.483. The van der Waals surface area contributed by atoms with E-state index in [9.17, 15) is 0 Å². The molecule has 19 heavy (non-hydrogen) atoms. The first-order valence-electron chi connectivity index (χ1n) is 6.64. The van der Waals surface area contributed by atoms with Gasteiger partial charge in [0.15, 0.2) is 11.6 Å². The first kappa shape index (κ1) is 14.2. The highest BCUT2D eigenvalue weighted by Gasteiger charge is 2.22. The van der Waals surface area contributed by atoms with Gasteiger partial charge in [-0.1, -0.05) is 0 Å². The third-order valence-electron chi connectivity index (χ3n) is 3.59. The number of hydrogen-bond acceptors (Lipinski definition) is 6. The van der Waals surface area contributed by atoms with E-state index in [1.165, 1.54) is 25.7 Å². The predicted molar refractivity (Wildman–Crippen MR) is 81.3 cm³/mol. The molecule has 106 valence electrons. The Morgan fingerprint density at radius 1 is 1.21 bits per heavy atom. The molecule has 1 heterocycles. The molecule has 0 amide bonds. The summed E-state index contributed by atoms with van der Waals surface area (Å²) in [6.45, 7) is 0. The van der Waals surface area contributed by atoms with E-state index in [1.807, 2.05) is 18.8 Å². The number of methoxy groups -OCH3 is 1. The monoisotopic (exact) mass is 282 g/mol. The van der Waals surface area contributed by atoms with Gasteiger partial charge in [0.1, 0.15) is 6.33 Å². The summed E-state index contributed by atoms with van der Waals surface area (Å²) in [6, 6.07) is 0.483. The summed E-state index contributed by atoms with van der Waals surface area (Å²) in [5.74, 6) is 2.20. The zero-order valence-corrected chi connectivity index (χ0v) is 12.6. The average Bonchev–Trinajstić information content (AvgIpc) is 2.47. The molecule has 1 aromatic rings. The second-order valence-electron chi connectivity index (χ2n) is 4.71. The van der Waals surface area contributed by atoms with E-state index in [0.717, 1.165) is 16.9 Å². The minimum absolute atomic E-state index is 0.483. The van der Waals surface area contributed by atoms with Crippen LogP contribution >= 0.6 is 11.8 Å². The fourth-order valence-electron chi connectivity index (χ4n) is 2.48. The fourth-order valence-corrected chi connectivity index (χ4v) is 3.23. The van der Waals surface area contributed by atoms with Crippen LogP contribution in [0.5, 0.6) is 5.75 Å². The van der Waals surface area contributed by atoms with Crippen molar-refractivity contribution < 1.29 is 4.74 Å². The molecule has 0 unspecified atom stereocenters. The minimum Gasteiger partial charge on any atom is -0.490 e. The molecule has 0 saturated heterocycles. The van der Waals surface area contributed by atoms with Gasteiger partial charge < -0.3 is 15.4 Å². The van der Waals surface area contributed by atoms with Crippen molar-refractivity contribution >= 4 is 23.4 Å². The third-order valence-corrected chi connectivity index (χ3v) is 4.73. The van der Waals surface area contributed by atoms with Crippen LogP contribution in [0.4, 0.5) is 11.6 Å². The van der Waals surface area contributed by atoms with Gasteiger partial charge in [0.25, 0.3) is 0 Å². The zero-order chi connectivity index (χ0) is 13.7. The lowest BCUT2D eigenvalue weighted by Crippen LogP contribution is -2.27. The first-order valence-corrected chi connectivity index (χ1v) is 7.93. The van der Waals surface area contributed by atoms with Crippen molar-refractivity contribution in [2.24, 2.45) is 0 Å². The van der Waals surface area contributed by atoms with Gasteiger partial charge in [-0.3, -0.25) is 0 Å². The molecule has 0 aliphatic heterocycles. The Labute approximate surface area is 118 Å². The van der Waals surface area contributed by atoms with Crippen molar-refractivity contribution in [2.75, 3.05) is 31.0 Å². The summed E-state index contributed by atoms with van der Waals surface area (Å²) >= 11 is 1.98. The summed E-state index contributed by atoms with van der Waals surface area (Å²) in [5.41, 5.74) is 0. The maximum atomic E-state index is 5.40. The normalized spacial score (nSPS) is 22.9. The molecule has 1 fully saturated rings. The highest BCUT2D eigenvalue weighted by atomic mass is 32.2. The third kappa shape index (κ3) is 3.43. The van der Waals surface area contributed by atoms with Gasteiger partial charge >= 0.3 is 0 Å². The van der Waals surface area contributed by atoms with E-state index in [-0.39, 0.29) is 0 Å². The molecule has 1 aromatic heterocycles. The number of nitrogens with zero attached hydrogens (tertiary/aromatic N) is 2. The zero-order valence-electron chi connectivity index (χ0n) is 11.8.